The number of hydrogen-bond donors (Lipinski definition) is 0. The van der Waals surface area contributed by atoms with Crippen molar-refractivity contribution >= 4 is 44.9 Å². The van der Waals surface area contributed by atoms with Crippen LogP contribution in [-0.2, 0) is 4.46 Å². The molecule has 24 valence electrons. The summed E-state index contributed by atoms with van der Waals surface area (Å²) in [7, 11) is 0.611. The second-order valence-corrected chi connectivity index (χ2v) is 0. The first-order valence-electron chi connectivity index (χ1n) is 0.289. The molecule has 0 aliphatic carbocycles. The molecule has 0 rings (SSSR count). The fourth-order valence-electron chi connectivity index (χ4n) is 0. The van der Waals surface area contributed by atoms with Crippen LogP contribution in [0.15, 0.2) is 0 Å². The molecule has 0 aromatic rings. The molecule has 1 nitrogen and oxygen atoms in total. The fraction of sp³-hybridized carbons (Fsp3) is 0. The molecule has 0 aromatic carbocycles. The Kier molecular flexibility index (Phi) is 162. The summed E-state index contributed by atoms with van der Waals surface area (Å²) in [5, 5.41) is 0. The minimum Gasteiger partial charge on any atom is -0.396 e. The maximum atomic E-state index is 8.28. The highest BCUT2D eigenvalue weighted by Crippen LogP contribution is 0.469. The summed E-state index contributed by atoms with van der Waals surface area (Å²) < 4.78 is 8.28. The molecule has 0 aliphatic heterocycles. The second-order valence-electron chi connectivity index (χ2n) is 0. The van der Waals surface area contributed by atoms with Crippen LogP contribution in [0.3, 0.4) is 0 Å². The smallest absolute Gasteiger partial charge is 0.245 e. The molecule has 0 radical (unpaired) electrons. The Hall–Kier alpha value is 1.08. The average Bonchev–Trinajstić information content (AvgIpc) is 1.00. The average molecular weight is 106 g/mol. The van der Waals surface area contributed by atoms with Crippen LogP contribution in [0.25, 0.3) is 0 Å². The van der Waals surface area contributed by atoms with Gasteiger partial charge in [0.15, 0.2) is 34.7 Å². The summed E-state index contributed by atoms with van der Waals surface area (Å²) in [5.41, 5.74) is 0. The van der Waals surface area contributed by atoms with Crippen LogP contribution in [-0.4, -0.2) is 44.9 Å². The first kappa shape index (κ1) is 19.5. The zero-order valence-corrected chi connectivity index (χ0v) is 2.53. The van der Waals surface area contributed by atoms with Gasteiger partial charge in [-0.25, -0.2) is 0 Å². The molecule has 0 fully saturated rings. The molecule has 4 heteroatoms. The maximum Gasteiger partial charge on any atom is 0.245 e. The van der Waals surface area contributed by atoms with E-state index in [1.807, 2.05) is 0 Å². The van der Waals surface area contributed by atoms with E-state index < -0.39 is 0 Å². The lowest BCUT2D eigenvalue weighted by molar-refractivity contribution is 0.590. The molecule has 0 bridgehead atoms. The van der Waals surface area contributed by atoms with Crippen molar-refractivity contribution in [2.24, 2.45) is 0 Å². The number of rotatable bonds is 0. The van der Waals surface area contributed by atoms with Crippen molar-refractivity contribution in [2.75, 3.05) is 0 Å². The Labute approximate surface area is 49.5 Å². The minimum absolute atomic E-state index is 0. The van der Waals surface area contributed by atoms with E-state index in [2.05, 4.69) is 0 Å². The minimum atomic E-state index is 0. The van der Waals surface area contributed by atoms with Gasteiger partial charge in [-0.2, -0.15) is 0 Å². The van der Waals surface area contributed by atoms with Crippen molar-refractivity contribution in [3.05, 3.63) is 0 Å². The van der Waals surface area contributed by atoms with E-state index in [4.69, 9.17) is 4.46 Å². The summed E-state index contributed by atoms with van der Waals surface area (Å²) in [6.07, 6.45) is 0. The monoisotopic (exact) mass is 106 g/mol. The highest BCUT2D eigenvalue weighted by molar-refractivity contribution is 5.85. The van der Waals surface area contributed by atoms with Gasteiger partial charge >= 0.3 is 0 Å². The molecule has 0 aromatic heterocycles. The quantitative estimate of drug-likeness (QED) is 0.294. The van der Waals surface area contributed by atoms with Crippen LogP contribution in [0.1, 0.15) is 0 Å². The van der Waals surface area contributed by atoms with Crippen LogP contribution < -0.4 is 0 Å². The highest BCUT2D eigenvalue weighted by atomic mass is 28.1. The first-order chi connectivity index (χ1) is 1.00. The summed E-state index contributed by atoms with van der Waals surface area (Å²) in [4.78, 5) is 0. The van der Waals surface area contributed by atoms with Gasteiger partial charge < -0.3 is 4.46 Å². The predicted octanol–water partition coefficient (Wildman–Crippen LogP) is -3.40. The van der Waals surface area contributed by atoms with Crippen LogP contribution in [0.2, 0.25) is 0 Å². The topological polar surface area (TPSA) is 17.1 Å². The first-order valence-corrected chi connectivity index (χ1v) is 0.866. The van der Waals surface area contributed by atoms with E-state index >= 15 is 0 Å². The maximum absolute atomic E-state index is 8.28. The summed E-state index contributed by atoms with van der Waals surface area (Å²) >= 11 is 0. The van der Waals surface area contributed by atoms with Gasteiger partial charge in [0.2, 0.25) is 10.1 Å². The molecule has 0 atom stereocenters. The van der Waals surface area contributed by atoms with Gasteiger partial charge in [0.05, 0.1) is 0 Å². The lowest BCUT2D eigenvalue weighted by Crippen LogP contribution is -0.969. The van der Waals surface area contributed by atoms with E-state index in [9.17, 15) is 0 Å². The Morgan fingerprint density at radius 3 is 1.00 bits per heavy atom. The van der Waals surface area contributed by atoms with Crippen LogP contribution in [0, 0.1) is 0 Å². The summed E-state index contributed by atoms with van der Waals surface area (Å²) in [5.74, 6) is 0. The van der Waals surface area contributed by atoms with Crippen LogP contribution in [0.4, 0.5) is 0 Å². The van der Waals surface area contributed by atoms with Gasteiger partial charge in [-0.3, -0.25) is 0 Å². The van der Waals surface area contributed by atoms with Crippen molar-refractivity contribution in [1.29, 1.82) is 0 Å². The van der Waals surface area contributed by atoms with E-state index in [1.54, 1.807) is 0 Å². The van der Waals surface area contributed by atoms with Gasteiger partial charge in [-0.05, 0) is 0 Å². The van der Waals surface area contributed by atoms with Gasteiger partial charge in [-0.15, -0.1) is 0 Å². The molecule has 0 amide bonds. The molecule has 0 aliphatic rings. The zero-order valence-electron chi connectivity index (χ0n) is 1.12. The normalized spacial score (nSPS) is 1.00. The molecule has 0 saturated heterocycles. The van der Waals surface area contributed by atoms with Gasteiger partial charge in [0.25, 0.3) is 0 Å². The molecule has 0 unspecified atom stereocenters. The summed E-state index contributed by atoms with van der Waals surface area (Å²) in [6.45, 7) is 0. The Morgan fingerprint density at radius 2 is 1.00 bits per heavy atom. The van der Waals surface area contributed by atoms with Gasteiger partial charge in [0, 0.05) is 0 Å². The lowest BCUT2D eigenvalue weighted by Gasteiger charge is -0.852. The second kappa shape index (κ2) is 33.1. The Morgan fingerprint density at radius 1 is 1.00 bits per heavy atom. The van der Waals surface area contributed by atoms with Gasteiger partial charge in [0.1, 0.15) is 0 Å². The molecule has 0 N–H and O–H groups in total. The van der Waals surface area contributed by atoms with E-state index in [-0.39, 0.29) is 34.7 Å². The Bertz CT molecular complexity index is 6.00. The third-order valence-electron chi connectivity index (χ3n) is 0. The lowest BCUT2D eigenvalue weighted by atomic mass is 16.0. The molecule has 0 spiro atoms. The van der Waals surface area contributed by atoms with Crippen LogP contribution in [0.5, 0.6) is 0 Å². The van der Waals surface area contributed by atoms with Crippen molar-refractivity contribution in [1.82, 2.24) is 0 Å². The van der Waals surface area contributed by atoms with Crippen LogP contribution >= 0.6 is 0 Å². The van der Waals surface area contributed by atoms with Crippen molar-refractivity contribution in [2.45, 2.75) is 0 Å². The van der Waals surface area contributed by atoms with Crippen molar-refractivity contribution in [3.8, 4) is 0 Å². The molecular weight excluding hydrogens is 98.0 g/mol. The number of hydrogen-bond acceptors (Lipinski definition) is 1. The molecule has 0 saturated carbocycles. The SMILES string of the molecule is O=[SiH2].[AlH3].[AlH3]. The van der Waals surface area contributed by atoms with E-state index in [1.165, 1.54) is 0 Å². The Balaban J connectivity index is -0.00000000500. The molecular formula is H8Al2OSi. The zero-order chi connectivity index (χ0) is 2.00. The third-order valence-corrected chi connectivity index (χ3v) is 0. The van der Waals surface area contributed by atoms with Crippen molar-refractivity contribution < 1.29 is 4.46 Å². The molecule has 4 heavy (non-hydrogen) atoms. The van der Waals surface area contributed by atoms with E-state index in [0.717, 1.165) is 0 Å². The van der Waals surface area contributed by atoms with Gasteiger partial charge in [-0.1, -0.05) is 0 Å². The van der Waals surface area contributed by atoms with E-state index in [0.29, 0.717) is 10.1 Å². The largest absolute Gasteiger partial charge is 0.396 e. The molecule has 0 heterocycles. The standard InChI is InChI=1S/2Al.H2OSi.6H/c;;1-2;;;;;;/h;;2H2;;;;;;. The third kappa shape index (κ3) is 11.4. The predicted molar refractivity (Wildman–Crippen MR) is 29.1 cm³/mol. The highest BCUT2D eigenvalue weighted by Gasteiger charge is 0.701. The summed E-state index contributed by atoms with van der Waals surface area (Å²) in [6, 6.07) is 0. The fourth-order valence-corrected chi connectivity index (χ4v) is 0. The van der Waals surface area contributed by atoms with Crippen molar-refractivity contribution in [3.63, 3.8) is 0 Å².